The number of aromatic nitrogens is 1. The van der Waals surface area contributed by atoms with Gasteiger partial charge in [-0.25, -0.2) is 13.4 Å². The molecule has 1 saturated heterocycles. The van der Waals surface area contributed by atoms with Crippen LogP contribution in [0.15, 0.2) is 70.9 Å². The van der Waals surface area contributed by atoms with Gasteiger partial charge < -0.3 is 14.8 Å². The normalized spacial score (nSPS) is 16.5. The fourth-order valence-electron chi connectivity index (χ4n) is 4.71. The van der Waals surface area contributed by atoms with E-state index < -0.39 is 10.0 Å². The first kappa shape index (κ1) is 23.9. The van der Waals surface area contributed by atoms with Crippen molar-refractivity contribution in [3.63, 3.8) is 0 Å². The molecule has 0 bridgehead atoms. The number of amides is 1. The molecule has 0 aliphatic carbocycles. The zero-order valence-corrected chi connectivity index (χ0v) is 21.6. The number of carbonyl (C=O) groups is 1. The van der Waals surface area contributed by atoms with E-state index in [9.17, 15) is 13.2 Å². The number of nitrogens with one attached hydrogen (secondary N) is 1. The summed E-state index contributed by atoms with van der Waals surface area (Å²) in [6.45, 7) is 1.38. The number of rotatable bonds is 5. The van der Waals surface area contributed by atoms with Crippen LogP contribution in [0.1, 0.15) is 12.8 Å². The molecule has 0 saturated carbocycles. The fraction of sp³-hybridized carbons (Fsp3) is 0.259. The number of sulfonamides is 1. The predicted molar refractivity (Wildman–Crippen MR) is 143 cm³/mol. The van der Waals surface area contributed by atoms with Crippen LogP contribution >= 0.6 is 11.3 Å². The molecule has 1 fully saturated rings. The summed E-state index contributed by atoms with van der Waals surface area (Å²) in [5.74, 6) is 0.579. The molecule has 37 heavy (non-hydrogen) atoms. The van der Waals surface area contributed by atoms with Crippen molar-refractivity contribution in [3.8, 4) is 22.8 Å². The molecule has 0 atom stereocenters. The smallest absolute Gasteiger partial charge is 0.243 e. The molecule has 1 aromatic heterocycles. The van der Waals surface area contributed by atoms with Crippen molar-refractivity contribution in [1.82, 2.24) is 9.29 Å². The third-order valence-corrected chi connectivity index (χ3v) is 9.41. The number of ether oxygens (including phenoxy) is 2. The number of hydrogen-bond acceptors (Lipinski definition) is 7. The maximum Gasteiger partial charge on any atom is 0.243 e. The lowest BCUT2D eigenvalue weighted by Gasteiger charge is -2.30. The molecule has 0 radical (unpaired) electrons. The minimum atomic E-state index is -3.69. The Bertz CT molecular complexity index is 1580. The molecule has 1 amide bonds. The lowest BCUT2D eigenvalue weighted by molar-refractivity contribution is -0.120. The standard InChI is InChI=1S/C27H25N3O5S2/c31-26(29-27-28-23(17-36-27)21-6-5-18-3-1-2-4-20(18)15-21)19-9-11-30(12-10-19)37(32,33)22-7-8-24-25(16-22)35-14-13-34-24/h1-8,15-17,19H,9-14H2,(H,28,29,31). The van der Waals surface area contributed by atoms with Gasteiger partial charge in [0.2, 0.25) is 15.9 Å². The highest BCUT2D eigenvalue weighted by atomic mass is 32.2. The molecule has 6 rings (SSSR count). The predicted octanol–water partition coefficient (Wildman–Crippen LogP) is 4.77. The molecule has 4 aromatic rings. The lowest BCUT2D eigenvalue weighted by atomic mass is 9.97. The number of fused-ring (bicyclic) bond motifs is 2. The Morgan fingerprint density at radius 3 is 2.51 bits per heavy atom. The number of thiazole rings is 1. The molecule has 10 heteroatoms. The summed E-state index contributed by atoms with van der Waals surface area (Å²) >= 11 is 1.38. The van der Waals surface area contributed by atoms with Crippen LogP contribution < -0.4 is 14.8 Å². The van der Waals surface area contributed by atoms with Gasteiger partial charge in [-0.2, -0.15) is 4.31 Å². The van der Waals surface area contributed by atoms with E-state index in [1.165, 1.54) is 27.8 Å². The first-order valence-corrected chi connectivity index (χ1v) is 14.4. The van der Waals surface area contributed by atoms with Crippen LogP contribution in [0.5, 0.6) is 11.5 Å². The molecular weight excluding hydrogens is 510 g/mol. The van der Waals surface area contributed by atoms with Crippen molar-refractivity contribution in [2.75, 3.05) is 31.6 Å². The summed E-state index contributed by atoms with van der Waals surface area (Å²) in [6.07, 6.45) is 0.886. The van der Waals surface area contributed by atoms with Crippen molar-refractivity contribution < 1.29 is 22.7 Å². The minimum absolute atomic E-state index is 0.129. The van der Waals surface area contributed by atoms with E-state index in [2.05, 4.69) is 34.6 Å². The van der Waals surface area contributed by atoms with Crippen LogP contribution in [-0.2, 0) is 14.8 Å². The summed E-state index contributed by atoms with van der Waals surface area (Å²) in [6, 6.07) is 19.0. The van der Waals surface area contributed by atoms with E-state index in [0.717, 1.165) is 22.0 Å². The first-order chi connectivity index (χ1) is 18.0. The second kappa shape index (κ2) is 9.77. The number of nitrogens with zero attached hydrogens (tertiary/aromatic N) is 2. The third kappa shape index (κ3) is 4.79. The van der Waals surface area contributed by atoms with Crippen LogP contribution in [0.4, 0.5) is 5.13 Å². The minimum Gasteiger partial charge on any atom is -0.486 e. The van der Waals surface area contributed by atoms with Crippen LogP contribution in [0.3, 0.4) is 0 Å². The molecule has 3 aromatic carbocycles. The Morgan fingerprint density at radius 1 is 0.946 bits per heavy atom. The summed E-state index contributed by atoms with van der Waals surface area (Å²) in [4.78, 5) is 17.7. The molecule has 8 nitrogen and oxygen atoms in total. The Balaban J connectivity index is 1.08. The number of piperidine rings is 1. The van der Waals surface area contributed by atoms with E-state index in [0.29, 0.717) is 42.7 Å². The first-order valence-electron chi connectivity index (χ1n) is 12.1. The van der Waals surface area contributed by atoms with Gasteiger partial charge in [-0.15, -0.1) is 11.3 Å². The zero-order chi connectivity index (χ0) is 25.4. The monoisotopic (exact) mass is 535 g/mol. The molecule has 2 aliphatic rings. The highest BCUT2D eigenvalue weighted by Gasteiger charge is 2.33. The third-order valence-electron chi connectivity index (χ3n) is 6.76. The van der Waals surface area contributed by atoms with Gasteiger partial charge in [0.15, 0.2) is 16.6 Å². The summed E-state index contributed by atoms with van der Waals surface area (Å²) in [5.41, 5.74) is 1.81. The molecule has 2 aliphatic heterocycles. The topological polar surface area (TPSA) is 97.8 Å². The maximum absolute atomic E-state index is 13.2. The molecule has 1 N–H and O–H groups in total. The number of anilines is 1. The largest absolute Gasteiger partial charge is 0.486 e. The molecule has 0 spiro atoms. The summed E-state index contributed by atoms with van der Waals surface area (Å²) in [7, 11) is -3.69. The van der Waals surface area contributed by atoms with Gasteiger partial charge in [-0.1, -0.05) is 36.4 Å². The lowest BCUT2D eigenvalue weighted by Crippen LogP contribution is -2.41. The molecule has 190 valence electrons. The summed E-state index contributed by atoms with van der Waals surface area (Å²) in [5, 5.41) is 7.70. The Hall–Kier alpha value is -3.47. The van der Waals surface area contributed by atoms with E-state index in [-0.39, 0.29) is 29.8 Å². The van der Waals surface area contributed by atoms with Crippen molar-refractivity contribution in [3.05, 3.63) is 66.0 Å². The van der Waals surface area contributed by atoms with E-state index in [1.54, 1.807) is 6.07 Å². The van der Waals surface area contributed by atoms with Gasteiger partial charge in [-0.05, 0) is 41.8 Å². The van der Waals surface area contributed by atoms with Crippen molar-refractivity contribution >= 4 is 43.2 Å². The van der Waals surface area contributed by atoms with E-state index >= 15 is 0 Å². The van der Waals surface area contributed by atoms with Crippen LogP contribution in [-0.4, -0.2) is 49.9 Å². The Morgan fingerprint density at radius 2 is 1.70 bits per heavy atom. The molecular formula is C27H25N3O5S2. The van der Waals surface area contributed by atoms with Crippen LogP contribution in [0, 0.1) is 5.92 Å². The number of carbonyl (C=O) groups excluding carboxylic acids is 1. The van der Waals surface area contributed by atoms with Gasteiger partial charge >= 0.3 is 0 Å². The van der Waals surface area contributed by atoms with Crippen molar-refractivity contribution in [1.29, 1.82) is 0 Å². The molecule has 3 heterocycles. The van der Waals surface area contributed by atoms with Gasteiger partial charge in [0.25, 0.3) is 0 Å². The van der Waals surface area contributed by atoms with E-state index in [4.69, 9.17) is 9.47 Å². The van der Waals surface area contributed by atoms with Crippen LogP contribution in [0.25, 0.3) is 22.0 Å². The van der Waals surface area contributed by atoms with Gasteiger partial charge in [-0.3, -0.25) is 4.79 Å². The number of hydrogen-bond donors (Lipinski definition) is 1. The van der Waals surface area contributed by atoms with Crippen LogP contribution in [0.2, 0.25) is 0 Å². The Labute approximate surface area is 218 Å². The van der Waals surface area contributed by atoms with Gasteiger partial charge in [0.05, 0.1) is 10.6 Å². The average molecular weight is 536 g/mol. The molecule has 0 unspecified atom stereocenters. The van der Waals surface area contributed by atoms with Crippen molar-refractivity contribution in [2.45, 2.75) is 17.7 Å². The summed E-state index contributed by atoms with van der Waals surface area (Å²) < 4.78 is 38.8. The van der Waals surface area contributed by atoms with Gasteiger partial charge in [0, 0.05) is 36.0 Å². The second-order valence-corrected chi connectivity index (χ2v) is 11.9. The van der Waals surface area contributed by atoms with Gasteiger partial charge in [0.1, 0.15) is 13.2 Å². The quantitative estimate of drug-likeness (QED) is 0.395. The maximum atomic E-state index is 13.2. The average Bonchev–Trinajstić information content (AvgIpc) is 3.41. The number of benzene rings is 3. The van der Waals surface area contributed by atoms with E-state index in [1.807, 2.05) is 23.6 Å². The van der Waals surface area contributed by atoms with Crippen molar-refractivity contribution in [2.24, 2.45) is 5.92 Å². The fourth-order valence-corrected chi connectivity index (χ4v) is 6.92. The zero-order valence-electron chi connectivity index (χ0n) is 19.9. The SMILES string of the molecule is O=C(Nc1nc(-c2ccc3ccccc3c2)cs1)C1CCN(S(=O)(=O)c2ccc3c(c2)OCCO3)CC1. The Kier molecular flexibility index (Phi) is 6.31. The second-order valence-electron chi connectivity index (χ2n) is 9.07. The highest BCUT2D eigenvalue weighted by Crippen LogP contribution is 2.34. The highest BCUT2D eigenvalue weighted by molar-refractivity contribution is 7.89.